The van der Waals surface area contributed by atoms with Crippen molar-refractivity contribution in [1.29, 1.82) is 0 Å². The number of benzene rings is 1. The highest BCUT2D eigenvalue weighted by Gasteiger charge is 2.31. The summed E-state index contributed by atoms with van der Waals surface area (Å²) in [5.41, 5.74) is 4.55. The van der Waals surface area contributed by atoms with Gasteiger partial charge in [0.05, 0.1) is 22.5 Å². The SMILES string of the molecule is Nc1cc(C(F)(F)F)ccc1NCC1(O)CCCCC1. The van der Waals surface area contributed by atoms with E-state index < -0.39 is 17.3 Å². The molecule has 0 radical (unpaired) electrons. The Bertz CT molecular complexity index is 468. The summed E-state index contributed by atoms with van der Waals surface area (Å²) in [6.07, 6.45) is 0.0847. The van der Waals surface area contributed by atoms with Crippen molar-refractivity contribution in [2.24, 2.45) is 0 Å². The highest BCUT2D eigenvalue weighted by molar-refractivity contribution is 5.67. The Kier molecular flexibility index (Phi) is 4.13. The second-order valence-electron chi connectivity index (χ2n) is 5.44. The van der Waals surface area contributed by atoms with Gasteiger partial charge in [-0.1, -0.05) is 19.3 Å². The molecular formula is C14H19F3N2O. The monoisotopic (exact) mass is 288 g/mol. The molecule has 0 bridgehead atoms. The van der Waals surface area contributed by atoms with Gasteiger partial charge in [-0.15, -0.1) is 0 Å². The standard InChI is InChI=1S/C14H19F3N2O/c15-14(16,17)10-4-5-12(11(18)8-10)19-9-13(20)6-2-1-3-7-13/h4-5,8,19-20H,1-3,6-7,9,18H2. The Hall–Kier alpha value is -1.43. The molecule has 0 aliphatic heterocycles. The lowest BCUT2D eigenvalue weighted by molar-refractivity contribution is -0.137. The number of rotatable bonds is 3. The summed E-state index contributed by atoms with van der Waals surface area (Å²) in [5.74, 6) is 0. The molecule has 4 N–H and O–H groups in total. The molecule has 0 atom stereocenters. The topological polar surface area (TPSA) is 58.3 Å². The molecule has 1 fully saturated rings. The minimum absolute atomic E-state index is 0.0410. The quantitative estimate of drug-likeness (QED) is 0.747. The molecule has 0 aromatic heterocycles. The van der Waals surface area contributed by atoms with E-state index in [9.17, 15) is 18.3 Å². The van der Waals surface area contributed by atoms with Crippen molar-refractivity contribution >= 4 is 11.4 Å². The van der Waals surface area contributed by atoms with Gasteiger partial charge in [-0.25, -0.2) is 0 Å². The van der Waals surface area contributed by atoms with Gasteiger partial charge in [0.1, 0.15) is 0 Å². The number of nitrogens with two attached hydrogens (primary N) is 1. The minimum Gasteiger partial charge on any atom is -0.397 e. The number of nitrogens with one attached hydrogen (secondary N) is 1. The molecule has 0 spiro atoms. The van der Waals surface area contributed by atoms with Gasteiger partial charge in [0.2, 0.25) is 0 Å². The molecule has 20 heavy (non-hydrogen) atoms. The maximum Gasteiger partial charge on any atom is 0.416 e. The molecule has 6 heteroatoms. The van der Waals surface area contributed by atoms with E-state index in [1.807, 2.05) is 0 Å². The first kappa shape index (κ1) is 15.0. The van der Waals surface area contributed by atoms with Crippen LogP contribution in [0.4, 0.5) is 24.5 Å². The smallest absolute Gasteiger partial charge is 0.397 e. The summed E-state index contributed by atoms with van der Waals surface area (Å²) in [6, 6.07) is 3.21. The van der Waals surface area contributed by atoms with Gasteiger partial charge < -0.3 is 16.2 Å². The van der Waals surface area contributed by atoms with Crippen LogP contribution in [0.5, 0.6) is 0 Å². The van der Waals surface area contributed by atoms with E-state index in [1.165, 1.54) is 6.07 Å². The van der Waals surface area contributed by atoms with Crippen molar-refractivity contribution in [2.45, 2.75) is 43.9 Å². The van der Waals surface area contributed by atoms with Gasteiger partial charge in [0.15, 0.2) is 0 Å². The minimum atomic E-state index is -4.39. The molecule has 1 aromatic rings. The zero-order valence-corrected chi connectivity index (χ0v) is 11.1. The van der Waals surface area contributed by atoms with Crippen molar-refractivity contribution in [2.75, 3.05) is 17.6 Å². The van der Waals surface area contributed by atoms with Crippen LogP contribution in [-0.2, 0) is 6.18 Å². The first-order valence-corrected chi connectivity index (χ1v) is 6.73. The Labute approximate surface area is 116 Å². The highest BCUT2D eigenvalue weighted by Crippen LogP contribution is 2.33. The fourth-order valence-electron chi connectivity index (χ4n) is 2.55. The van der Waals surface area contributed by atoms with Crippen LogP contribution in [0.3, 0.4) is 0 Å². The Balaban J connectivity index is 2.03. The predicted octanol–water partition coefficient (Wildman–Crippen LogP) is 3.39. The molecule has 112 valence electrons. The largest absolute Gasteiger partial charge is 0.416 e. The Morgan fingerprint density at radius 3 is 2.40 bits per heavy atom. The lowest BCUT2D eigenvalue weighted by Gasteiger charge is -2.32. The number of halogens is 3. The maximum absolute atomic E-state index is 12.5. The lowest BCUT2D eigenvalue weighted by atomic mass is 9.85. The van der Waals surface area contributed by atoms with Crippen LogP contribution in [-0.4, -0.2) is 17.3 Å². The second kappa shape index (κ2) is 5.52. The van der Waals surface area contributed by atoms with E-state index in [0.29, 0.717) is 25.1 Å². The van der Waals surface area contributed by atoms with E-state index in [2.05, 4.69) is 5.32 Å². The van der Waals surface area contributed by atoms with E-state index >= 15 is 0 Å². The van der Waals surface area contributed by atoms with Crippen LogP contribution >= 0.6 is 0 Å². The van der Waals surface area contributed by atoms with Gasteiger partial charge in [0.25, 0.3) is 0 Å². The highest BCUT2D eigenvalue weighted by atomic mass is 19.4. The number of hydrogen-bond acceptors (Lipinski definition) is 3. The summed E-state index contributed by atoms with van der Waals surface area (Å²) in [4.78, 5) is 0. The number of nitrogen functional groups attached to an aromatic ring is 1. The molecule has 0 amide bonds. The third kappa shape index (κ3) is 3.56. The number of aliphatic hydroxyl groups is 1. The third-order valence-corrected chi connectivity index (χ3v) is 3.77. The van der Waals surface area contributed by atoms with E-state index in [4.69, 9.17) is 5.73 Å². The lowest BCUT2D eigenvalue weighted by Crippen LogP contribution is -2.38. The van der Waals surface area contributed by atoms with Crippen LogP contribution in [0.1, 0.15) is 37.7 Å². The number of hydrogen-bond donors (Lipinski definition) is 3. The van der Waals surface area contributed by atoms with Crippen molar-refractivity contribution in [3.63, 3.8) is 0 Å². The Morgan fingerprint density at radius 1 is 1.20 bits per heavy atom. The second-order valence-corrected chi connectivity index (χ2v) is 5.44. The molecule has 2 rings (SSSR count). The Morgan fingerprint density at radius 2 is 1.85 bits per heavy atom. The molecule has 0 heterocycles. The molecule has 0 saturated heterocycles. The molecule has 0 unspecified atom stereocenters. The van der Waals surface area contributed by atoms with Gasteiger partial charge in [-0.2, -0.15) is 13.2 Å². The van der Waals surface area contributed by atoms with E-state index in [1.54, 1.807) is 0 Å². The zero-order chi connectivity index (χ0) is 14.8. The van der Waals surface area contributed by atoms with Gasteiger partial charge >= 0.3 is 6.18 Å². The van der Waals surface area contributed by atoms with E-state index in [0.717, 1.165) is 31.4 Å². The summed E-state index contributed by atoms with van der Waals surface area (Å²) in [7, 11) is 0. The average molecular weight is 288 g/mol. The third-order valence-electron chi connectivity index (χ3n) is 3.77. The van der Waals surface area contributed by atoms with Crippen molar-refractivity contribution < 1.29 is 18.3 Å². The molecule has 1 aromatic carbocycles. The van der Waals surface area contributed by atoms with Crippen LogP contribution in [0, 0.1) is 0 Å². The summed E-state index contributed by atoms with van der Waals surface area (Å²) in [6.45, 7) is 0.308. The summed E-state index contributed by atoms with van der Waals surface area (Å²) >= 11 is 0. The fourth-order valence-corrected chi connectivity index (χ4v) is 2.55. The summed E-state index contributed by atoms with van der Waals surface area (Å²) < 4.78 is 37.6. The average Bonchev–Trinajstić information content (AvgIpc) is 2.37. The zero-order valence-electron chi connectivity index (χ0n) is 11.1. The summed E-state index contributed by atoms with van der Waals surface area (Å²) in [5, 5.41) is 13.3. The van der Waals surface area contributed by atoms with Crippen LogP contribution < -0.4 is 11.1 Å². The molecular weight excluding hydrogens is 269 g/mol. The molecule has 1 aliphatic rings. The number of alkyl halides is 3. The normalized spacial score (nSPS) is 18.8. The van der Waals surface area contributed by atoms with Crippen molar-refractivity contribution in [1.82, 2.24) is 0 Å². The number of anilines is 2. The molecule has 1 aliphatic carbocycles. The van der Waals surface area contributed by atoms with E-state index in [-0.39, 0.29) is 5.69 Å². The fraction of sp³-hybridized carbons (Fsp3) is 0.571. The van der Waals surface area contributed by atoms with Crippen LogP contribution in [0.25, 0.3) is 0 Å². The van der Waals surface area contributed by atoms with Crippen LogP contribution in [0.2, 0.25) is 0 Å². The van der Waals surface area contributed by atoms with Crippen molar-refractivity contribution in [3.05, 3.63) is 23.8 Å². The first-order valence-electron chi connectivity index (χ1n) is 6.73. The van der Waals surface area contributed by atoms with Crippen molar-refractivity contribution in [3.8, 4) is 0 Å². The molecule has 3 nitrogen and oxygen atoms in total. The van der Waals surface area contributed by atoms with Gasteiger partial charge in [-0.05, 0) is 31.0 Å². The van der Waals surface area contributed by atoms with Crippen LogP contribution in [0.15, 0.2) is 18.2 Å². The molecule has 1 saturated carbocycles. The van der Waals surface area contributed by atoms with Gasteiger partial charge in [0, 0.05) is 6.54 Å². The first-order chi connectivity index (χ1) is 9.30. The predicted molar refractivity (Wildman–Crippen MR) is 72.4 cm³/mol. The van der Waals surface area contributed by atoms with Gasteiger partial charge in [-0.3, -0.25) is 0 Å². The maximum atomic E-state index is 12.5.